The minimum atomic E-state index is 0.611. The maximum absolute atomic E-state index is 3.68. The van der Waals surface area contributed by atoms with Crippen LogP contribution in [0.25, 0.3) is 0 Å². The lowest BCUT2D eigenvalue weighted by molar-refractivity contribution is 0.522. The highest BCUT2D eigenvalue weighted by Crippen LogP contribution is 2.20. The number of benzene rings is 2. The van der Waals surface area contributed by atoms with E-state index in [-0.39, 0.29) is 0 Å². The predicted molar refractivity (Wildman–Crippen MR) is 91.8 cm³/mol. The van der Waals surface area contributed by atoms with Crippen molar-refractivity contribution in [3.05, 3.63) is 71.8 Å². The van der Waals surface area contributed by atoms with Crippen LogP contribution in [0.1, 0.15) is 49.7 Å². The summed E-state index contributed by atoms with van der Waals surface area (Å²) in [6.45, 7) is 6.66. The first-order valence-corrected chi connectivity index (χ1v) is 8.15. The van der Waals surface area contributed by atoms with Gasteiger partial charge in [0, 0.05) is 13.1 Å². The van der Waals surface area contributed by atoms with E-state index >= 15 is 0 Å². The van der Waals surface area contributed by atoms with Gasteiger partial charge in [-0.15, -0.1) is 0 Å². The van der Waals surface area contributed by atoms with Crippen molar-refractivity contribution in [2.24, 2.45) is 0 Å². The fourth-order valence-corrected chi connectivity index (χ4v) is 2.88. The molecule has 0 aromatic heterocycles. The molecule has 112 valence electrons. The first-order chi connectivity index (χ1) is 10.3. The second-order valence-electron chi connectivity index (χ2n) is 5.69. The Morgan fingerprint density at radius 2 is 1.05 bits per heavy atom. The van der Waals surface area contributed by atoms with Crippen LogP contribution in [0.5, 0.6) is 0 Å². The zero-order valence-corrected chi connectivity index (χ0v) is 13.3. The molecule has 0 radical (unpaired) electrons. The SMILES string of the molecule is CCC(CNCC(CC)c1ccccc1)c1ccccc1. The third-order valence-corrected chi connectivity index (χ3v) is 4.31. The summed E-state index contributed by atoms with van der Waals surface area (Å²) in [6, 6.07) is 21.7. The topological polar surface area (TPSA) is 12.0 Å². The molecule has 2 atom stereocenters. The third-order valence-electron chi connectivity index (χ3n) is 4.31. The molecule has 2 aromatic rings. The summed E-state index contributed by atoms with van der Waals surface area (Å²) < 4.78 is 0. The van der Waals surface area contributed by atoms with Gasteiger partial charge in [0.2, 0.25) is 0 Å². The Balaban J connectivity index is 1.87. The normalized spacial score (nSPS) is 13.8. The number of nitrogens with one attached hydrogen (secondary N) is 1. The van der Waals surface area contributed by atoms with Crippen LogP contribution in [0.3, 0.4) is 0 Å². The van der Waals surface area contributed by atoms with Gasteiger partial charge in [-0.2, -0.15) is 0 Å². The van der Waals surface area contributed by atoms with E-state index in [1.807, 2.05) is 0 Å². The highest BCUT2D eigenvalue weighted by Gasteiger charge is 2.11. The van der Waals surface area contributed by atoms with E-state index in [0.29, 0.717) is 11.8 Å². The van der Waals surface area contributed by atoms with E-state index in [1.54, 1.807) is 0 Å². The van der Waals surface area contributed by atoms with Crippen molar-refractivity contribution in [2.45, 2.75) is 38.5 Å². The molecule has 0 aliphatic heterocycles. The Hall–Kier alpha value is -1.60. The van der Waals surface area contributed by atoms with Gasteiger partial charge in [-0.3, -0.25) is 0 Å². The highest BCUT2D eigenvalue weighted by molar-refractivity contribution is 5.21. The van der Waals surface area contributed by atoms with Crippen molar-refractivity contribution < 1.29 is 0 Å². The fraction of sp³-hybridized carbons (Fsp3) is 0.400. The summed E-state index contributed by atoms with van der Waals surface area (Å²) in [5.74, 6) is 1.22. The molecule has 0 aliphatic rings. The molecular formula is C20H27N. The summed E-state index contributed by atoms with van der Waals surface area (Å²) in [5, 5.41) is 3.68. The van der Waals surface area contributed by atoms with Gasteiger partial charge in [-0.05, 0) is 35.8 Å². The molecule has 1 heteroatoms. The maximum Gasteiger partial charge on any atom is 0.00202 e. The second kappa shape index (κ2) is 8.63. The minimum absolute atomic E-state index is 0.611. The van der Waals surface area contributed by atoms with Crippen molar-refractivity contribution in [2.75, 3.05) is 13.1 Å². The Labute approximate surface area is 129 Å². The van der Waals surface area contributed by atoms with E-state index in [1.165, 1.54) is 24.0 Å². The number of hydrogen-bond donors (Lipinski definition) is 1. The van der Waals surface area contributed by atoms with E-state index in [4.69, 9.17) is 0 Å². The van der Waals surface area contributed by atoms with Gasteiger partial charge in [0.25, 0.3) is 0 Å². The third kappa shape index (κ3) is 4.71. The molecule has 1 N–H and O–H groups in total. The Bertz CT molecular complexity index is 444. The molecule has 0 heterocycles. The number of hydrogen-bond acceptors (Lipinski definition) is 1. The molecule has 1 nitrogen and oxygen atoms in total. The fourth-order valence-electron chi connectivity index (χ4n) is 2.88. The van der Waals surface area contributed by atoms with Crippen LogP contribution in [0.2, 0.25) is 0 Å². The molecule has 2 unspecified atom stereocenters. The standard InChI is InChI=1S/C20H27N/c1-3-17(19-11-7-5-8-12-19)15-21-16-18(4-2)20-13-9-6-10-14-20/h5-14,17-18,21H,3-4,15-16H2,1-2H3. The molecule has 0 amide bonds. The van der Waals surface area contributed by atoms with Crippen molar-refractivity contribution in [3.8, 4) is 0 Å². The van der Waals surface area contributed by atoms with Gasteiger partial charge in [-0.25, -0.2) is 0 Å². The lowest BCUT2D eigenvalue weighted by atomic mass is 9.94. The summed E-state index contributed by atoms with van der Waals surface area (Å²) in [5.41, 5.74) is 2.89. The van der Waals surface area contributed by atoms with Gasteiger partial charge >= 0.3 is 0 Å². The molecule has 0 aliphatic carbocycles. The molecule has 0 spiro atoms. The lowest BCUT2D eigenvalue weighted by Gasteiger charge is -2.20. The van der Waals surface area contributed by atoms with Crippen LogP contribution >= 0.6 is 0 Å². The number of rotatable bonds is 8. The van der Waals surface area contributed by atoms with Crippen molar-refractivity contribution in [1.29, 1.82) is 0 Å². The zero-order chi connectivity index (χ0) is 14.9. The van der Waals surface area contributed by atoms with Gasteiger partial charge in [-0.1, -0.05) is 74.5 Å². The first-order valence-electron chi connectivity index (χ1n) is 8.15. The average Bonchev–Trinajstić information content (AvgIpc) is 2.57. The van der Waals surface area contributed by atoms with E-state index in [0.717, 1.165) is 13.1 Å². The van der Waals surface area contributed by atoms with Crippen molar-refractivity contribution >= 4 is 0 Å². The maximum atomic E-state index is 3.68. The largest absolute Gasteiger partial charge is 0.316 e. The smallest absolute Gasteiger partial charge is 0.00202 e. The monoisotopic (exact) mass is 281 g/mol. The molecule has 0 bridgehead atoms. The first kappa shape index (κ1) is 15.8. The van der Waals surface area contributed by atoms with E-state index in [9.17, 15) is 0 Å². The van der Waals surface area contributed by atoms with Crippen LogP contribution in [-0.2, 0) is 0 Å². The van der Waals surface area contributed by atoms with E-state index < -0.39 is 0 Å². The van der Waals surface area contributed by atoms with Gasteiger partial charge in [0.05, 0.1) is 0 Å². The second-order valence-corrected chi connectivity index (χ2v) is 5.69. The molecule has 21 heavy (non-hydrogen) atoms. The summed E-state index contributed by atoms with van der Waals surface area (Å²) in [4.78, 5) is 0. The average molecular weight is 281 g/mol. The van der Waals surface area contributed by atoms with Crippen LogP contribution in [0.15, 0.2) is 60.7 Å². The molecule has 0 saturated carbocycles. The van der Waals surface area contributed by atoms with Gasteiger partial charge in [0.1, 0.15) is 0 Å². The summed E-state index contributed by atoms with van der Waals surface area (Å²) >= 11 is 0. The van der Waals surface area contributed by atoms with Crippen LogP contribution in [0, 0.1) is 0 Å². The molecule has 2 aromatic carbocycles. The Kier molecular flexibility index (Phi) is 6.49. The predicted octanol–water partition coefficient (Wildman–Crippen LogP) is 4.96. The van der Waals surface area contributed by atoms with Crippen LogP contribution in [0.4, 0.5) is 0 Å². The van der Waals surface area contributed by atoms with Gasteiger partial charge in [0.15, 0.2) is 0 Å². The quantitative estimate of drug-likeness (QED) is 0.721. The summed E-state index contributed by atoms with van der Waals surface area (Å²) in [7, 11) is 0. The Morgan fingerprint density at radius 1 is 0.667 bits per heavy atom. The van der Waals surface area contributed by atoms with E-state index in [2.05, 4.69) is 79.8 Å². The zero-order valence-electron chi connectivity index (χ0n) is 13.3. The highest BCUT2D eigenvalue weighted by atomic mass is 14.9. The molecular weight excluding hydrogens is 254 g/mol. The minimum Gasteiger partial charge on any atom is -0.316 e. The summed E-state index contributed by atoms with van der Waals surface area (Å²) in [6.07, 6.45) is 2.36. The van der Waals surface area contributed by atoms with Crippen LogP contribution in [-0.4, -0.2) is 13.1 Å². The lowest BCUT2D eigenvalue weighted by Crippen LogP contribution is -2.26. The molecule has 0 saturated heterocycles. The van der Waals surface area contributed by atoms with Crippen LogP contribution < -0.4 is 5.32 Å². The molecule has 0 fully saturated rings. The Morgan fingerprint density at radius 3 is 1.38 bits per heavy atom. The molecule has 2 rings (SSSR count). The van der Waals surface area contributed by atoms with Crippen molar-refractivity contribution in [1.82, 2.24) is 5.32 Å². The van der Waals surface area contributed by atoms with Crippen molar-refractivity contribution in [3.63, 3.8) is 0 Å². The van der Waals surface area contributed by atoms with Gasteiger partial charge < -0.3 is 5.32 Å².